The van der Waals surface area contributed by atoms with Crippen LogP contribution in [0.3, 0.4) is 0 Å². The van der Waals surface area contributed by atoms with Crippen LogP contribution in [0.15, 0.2) is 0 Å². The van der Waals surface area contributed by atoms with Crippen molar-refractivity contribution >= 4 is 17.6 Å². The molecule has 0 bridgehead atoms. The van der Waals surface area contributed by atoms with Gasteiger partial charge in [-0.15, -0.1) is 11.6 Å². The van der Waals surface area contributed by atoms with Crippen molar-refractivity contribution in [1.29, 1.82) is 0 Å². The number of alkyl halides is 1. The maximum Gasteiger partial charge on any atom is 0.308 e. The Kier molecular flexibility index (Phi) is 8.76. The number of halogens is 1. The smallest absolute Gasteiger partial charge is 0.308 e. The predicted octanol–water partition coefficient (Wildman–Crippen LogP) is 1.95. The number of carbonyl (C=O) groups is 1. The predicted molar refractivity (Wildman–Crippen MR) is 57.9 cm³/mol. The van der Waals surface area contributed by atoms with Crippen molar-refractivity contribution in [3.05, 3.63) is 0 Å². The summed E-state index contributed by atoms with van der Waals surface area (Å²) in [4.78, 5) is 11.2. The van der Waals surface area contributed by atoms with E-state index in [0.717, 1.165) is 0 Å². The fourth-order valence-corrected chi connectivity index (χ4v) is 1.27. The van der Waals surface area contributed by atoms with Gasteiger partial charge in [-0.05, 0) is 20.8 Å². The second-order valence-corrected chi connectivity index (χ2v) is 3.25. The van der Waals surface area contributed by atoms with Crippen molar-refractivity contribution in [2.24, 2.45) is 0 Å². The van der Waals surface area contributed by atoms with Crippen molar-refractivity contribution in [3.63, 3.8) is 0 Å². The zero-order valence-electron chi connectivity index (χ0n) is 9.49. The third-order valence-electron chi connectivity index (χ3n) is 1.66. The Morgan fingerprint density at radius 1 is 1.33 bits per heavy atom. The Labute approximate surface area is 95.8 Å². The van der Waals surface area contributed by atoms with Gasteiger partial charge in [0, 0.05) is 12.5 Å². The molecule has 0 aliphatic heterocycles. The van der Waals surface area contributed by atoms with Crippen molar-refractivity contribution in [1.82, 2.24) is 0 Å². The van der Waals surface area contributed by atoms with Crippen LogP contribution >= 0.6 is 11.6 Å². The lowest BCUT2D eigenvalue weighted by atomic mass is 10.3. The Morgan fingerprint density at radius 2 is 2.00 bits per heavy atom. The van der Waals surface area contributed by atoms with E-state index in [2.05, 4.69) is 0 Å². The van der Waals surface area contributed by atoms with Gasteiger partial charge in [-0.1, -0.05) is 0 Å². The molecule has 0 heterocycles. The summed E-state index contributed by atoms with van der Waals surface area (Å²) in [5.41, 5.74) is 0. The molecular weight excluding hydrogens is 220 g/mol. The number of carbonyl (C=O) groups excluding carboxylic acids is 1. The molecule has 0 N–H and O–H groups in total. The zero-order valence-corrected chi connectivity index (χ0v) is 10.3. The normalized spacial score (nSPS) is 14.7. The molecular formula is C10H19ClO4. The summed E-state index contributed by atoms with van der Waals surface area (Å²) in [6.07, 6.45) is -0.546. The average Bonchev–Trinajstić information content (AvgIpc) is 2.17. The largest absolute Gasteiger partial charge is 0.466 e. The van der Waals surface area contributed by atoms with Crippen molar-refractivity contribution in [3.8, 4) is 0 Å². The van der Waals surface area contributed by atoms with Gasteiger partial charge >= 0.3 is 5.97 Å². The highest BCUT2D eigenvalue weighted by Gasteiger charge is 2.17. The maximum atomic E-state index is 11.2. The fraction of sp³-hybridized carbons (Fsp3) is 0.900. The monoisotopic (exact) mass is 238 g/mol. The van der Waals surface area contributed by atoms with Crippen molar-refractivity contribution < 1.29 is 19.0 Å². The van der Waals surface area contributed by atoms with Gasteiger partial charge in [-0.25, -0.2) is 0 Å². The van der Waals surface area contributed by atoms with Gasteiger partial charge in [0.15, 0.2) is 6.29 Å². The highest BCUT2D eigenvalue weighted by atomic mass is 35.5. The van der Waals surface area contributed by atoms with E-state index in [1.165, 1.54) is 0 Å². The van der Waals surface area contributed by atoms with Crippen LogP contribution in [0.5, 0.6) is 0 Å². The summed E-state index contributed by atoms with van der Waals surface area (Å²) in [5, 5.41) is 0. The number of hydrogen-bond donors (Lipinski definition) is 0. The molecule has 0 radical (unpaired) electrons. The molecule has 15 heavy (non-hydrogen) atoms. The fourth-order valence-electron chi connectivity index (χ4n) is 1.09. The molecule has 0 amide bonds. The Morgan fingerprint density at radius 3 is 2.47 bits per heavy atom. The molecule has 90 valence electrons. The van der Waals surface area contributed by atoms with Gasteiger partial charge in [0.05, 0.1) is 19.1 Å². The zero-order chi connectivity index (χ0) is 11.7. The average molecular weight is 239 g/mol. The van der Waals surface area contributed by atoms with E-state index in [-0.39, 0.29) is 30.7 Å². The molecule has 4 nitrogen and oxygen atoms in total. The first-order valence-electron chi connectivity index (χ1n) is 5.12. The molecule has 0 aromatic carbocycles. The van der Waals surface area contributed by atoms with Crippen LogP contribution in [-0.2, 0) is 19.0 Å². The molecule has 0 saturated carbocycles. The van der Waals surface area contributed by atoms with Gasteiger partial charge in [0.25, 0.3) is 0 Å². The van der Waals surface area contributed by atoms with Gasteiger partial charge in [-0.2, -0.15) is 0 Å². The van der Waals surface area contributed by atoms with E-state index >= 15 is 0 Å². The highest BCUT2D eigenvalue weighted by Crippen LogP contribution is 2.07. The third kappa shape index (κ3) is 7.59. The van der Waals surface area contributed by atoms with E-state index in [1.807, 2.05) is 6.92 Å². The summed E-state index contributed by atoms with van der Waals surface area (Å²) < 4.78 is 15.4. The number of hydrogen-bond acceptors (Lipinski definition) is 4. The first kappa shape index (κ1) is 14.7. The van der Waals surface area contributed by atoms with Crippen LogP contribution < -0.4 is 0 Å². The van der Waals surface area contributed by atoms with E-state index in [4.69, 9.17) is 25.8 Å². The molecule has 5 heteroatoms. The minimum absolute atomic E-state index is 0.161. The second kappa shape index (κ2) is 8.95. The quantitative estimate of drug-likeness (QED) is 0.368. The minimum atomic E-state index is -0.354. The Bertz CT molecular complexity index is 175. The molecule has 0 spiro atoms. The summed E-state index contributed by atoms with van der Waals surface area (Å²) in [6.45, 7) is 6.34. The SMILES string of the molecule is CCOC(=O)CC(CCl)OC(C)OCC. The molecule has 0 aromatic rings. The van der Waals surface area contributed by atoms with Crippen LogP contribution in [0.2, 0.25) is 0 Å². The van der Waals surface area contributed by atoms with Gasteiger partial charge in [0.1, 0.15) is 0 Å². The molecule has 0 aliphatic rings. The van der Waals surface area contributed by atoms with Crippen LogP contribution in [0, 0.1) is 0 Å². The lowest BCUT2D eigenvalue weighted by molar-refractivity contribution is -0.165. The van der Waals surface area contributed by atoms with Crippen LogP contribution in [-0.4, -0.2) is 37.5 Å². The Balaban J connectivity index is 3.86. The first-order chi connectivity index (χ1) is 7.13. The molecule has 2 atom stereocenters. The van der Waals surface area contributed by atoms with E-state index in [9.17, 15) is 4.79 Å². The molecule has 0 saturated heterocycles. The van der Waals surface area contributed by atoms with E-state index in [1.54, 1.807) is 13.8 Å². The molecule has 0 fully saturated rings. The van der Waals surface area contributed by atoms with Gasteiger partial charge < -0.3 is 14.2 Å². The molecule has 0 aromatic heterocycles. The van der Waals surface area contributed by atoms with Crippen molar-refractivity contribution in [2.45, 2.75) is 39.6 Å². The number of esters is 1. The van der Waals surface area contributed by atoms with Crippen LogP contribution in [0.4, 0.5) is 0 Å². The van der Waals surface area contributed by atoms with E-state index < -0.39 is 0 Å². The second-order valence-electron chi connectivity index (χ2n) is 2.94. The lowest BCUT2D eigenvalue weighted by Gasteiger charge is -2.19. The molecule has 0 aliphatic carbocycles. The van der Waals surface area contributed by atoms with Gasteiger partial charge in [0.2, 0.25) is 0 Å². The Hall–Kier alpha value is -0.320. The molecule has 2 unspecified atom stereocenters. The van der Waals surface area contributed by atoms with E-state index in [0.29, 0.717) is 13.2 Å². The lowest BCUT2D eigenvalue weighted by Crippen LogP contribution is -2.26. The number of rotatable bonds is 8. The third-order valence-corrected chi connectivity index (χ3v) is 2.00. The minimum Gasteiger partial charge on any atom is -0.466 e. The summed E-state index contributed by atoms with van der Waals surface area (Å²) in [5.74, 6) is -0.0530. The standard InChI is InChI=1S/C10H19ClO4/c1-4-13-8(3)15-9(7-11)6-10(12)14-5-2/h8-9H,4-7H2,1-3H3. The number of ether oxygens (including phenoxy) is 3. The molecule has 0 rings (SSSR count). The highest BCUT2D eigenvalue weighted by molar-refractivity contribution is 6.18. The van der Waals surface area contributed by atoms with Crippen molar-refractivity contribution in [2.75, 3.05) is 19.1 Å². The van der Waals surface area contributed by atoms with Gasteiger partial charge in [-0.3, -0.25) is 4.79 Å². The summed E-state index contributed by atoms with van der Waals surface area (Å²) in [6, 6.07) is 0. The summed E-state index contributed by atoms with van der Waals surface area (Å²) in [7, 11) is 0. The van der Waals surface area contributed by atoms with Crippen LogP contribution in [0.1, 0.15) is 27.2 Å². The maximum absolute atomic E-state index is 11.2. The topological polar surface area (TPSA) is 44.8 Å². The van der Waals surface area contributed by atoms with Crippen LogP contribution in [0.25, 0.3) is 0 Å². The first-order valence-corrected chi connectivity index (χ1v) is 5.66. The summed E-state index contributed by atoms with van der Waals surface area (Å²) >= 11 is 5.67.